The summed E-state index contributed by atoms with van der Waals surface area (Å²) in [5.41, 5.74) is 0.250. The molecule has 0 spiro atoms. The van der Waals surface area contributed by atoms with Crippen molar-refractivity contribution in [3.63, 3.8) is 0 Å². The lowest BCUT2D eigenvalue weighted by Crippen LogP contribution is -2.41. The summed E-state index contributed by atoms with van der Waals surface area (Å²) in [5, 5.41) is 2.95. The first-order valence-electron chi connectivity index (χ1n) is 6.02. The molecule has 0 aromatic carbocycles. The number of carbonyl (C=O) groups excluding carboxylic acids is 1. The van der Waals surface area contributed by atoms with Crippen LogP contribution in [-0.4, -0.2) is 28.6 Å². The smallest absolute Gasteiger partial charge is 0.330 e. The molecule has 0 unspecified atom stereocenters. The predicted molar refractivity (Wildman–Crippen MR) is 70.3 cm³/mol. The summed E-state index contributed by atoms with van der Waals surface area (Å²) in [6.07, 6.45) is 4.51. The average molecular weight is 251 g/mol. The average Bonchev–Trinajstić information content (AvgIpc) is 2.29. The highest BCUT2D eigenvalue weighted by molar-refractivity contribution is 5.82. The Hall–Kier alpha value is -1.65. The number of anilines is 1. The van der Waals surface area contributed by atoms with Gasteiger partial charge in [-0.1, -0.05) is 13.8 Å². The van der Waals surface area contributed by atoms with Gasteiger partial charge in [-0.15, -0.1) is 0 Å². The van der Waals surface area contributed by atoms with Crippen molar-refractivity contribution in [3.05, 3.63) is 18.0 Å². The third kappa shape index (κ3) is 3.98. The molecule has 1 N–H and O–H groups in total. The van der Waals surface area contributed by atoms with Crippen LogP contribution < -0.4 is 5.32 Å². The second kappa shape index (κ2) is 5.80. The maximum Gasteiger partial charge on any atom is 0.330 e. The van der Waals surface area contributed by atoms with E-state index in [9.17, 15) is 4.79 Å². The molecule has 1 rings (SSSR count). The highest BCUT2D eigenvalue weighted by Crippen LogP contribution is 2.13. The second-order valence-electron chi connectivity index (χ2n) is 5.25. The highest BCUT2D eigenvalue weighted by atomic mass is 16.5. The van der Waals surface area contributed by atoms with Crippen LogP contribution in [0.2, 0.25) is 0 Å². The van der Waals surface area contributed by atoms with Crippen LogP contribution in [0.4, 0.5) is 5.95 Å². The Morgan fingerprint density at radius 1 is 1.39 bits per heavy atom. The lowest BCUT2D eigenvalue weighted by molar-refractivity contribution is -0.144. The van der Waals surface area contributed by atoms with E-state index in [-0.39, 0.29) is 5.97 Å². The van der Waals surface area contributed by atoms with E-state index < -0.39 is 5.54 Å². The fourth-order valence-electron chi connectivity index (χ4n) is 1.58. The molecule has 18 heavy (non-hydrogen) atoms. The first-order chi connectivity index (χ1) is 8.35. The molecule has 0 aliphatic rings. The van der Waals surface area contributed by atoms with Crippen molar-refractivity contribution >= 4 is 11.9 Å². The number of esters is 1. The molecule has 1 aromatic heterocycles. The van der Waals surface area contributed by atoms with E-state index in [4.69, 9.17) is 4.74 Å². The van der Waals surface area contributed by atoms with Crippen LogP contribution in [-0.2, 0) is 16.0 Å². The predicted octanol–water partition coefficient (Wildman–Crippen LogP) is 2.04. The number of aromatic nitrogens is 2. The summed E-state index contributed by atoms with van der Waals surface area (Å²) < 4.78 is 4.71. The fourth-order valence-corrected chi connectivity index (χ4v) is 1.58. The maximum absolute atomic E-state index is 11.5. The zero-order chi connectivity index (χ0) is 13.8. The van der Waals surface area contributed by atoms with Gasteiger partial charge in [0.2, 0.25) is 5.95 Å². The van der Waals surface area contributed by atoms with Gasteiger partial charge in [0.15, 0.2) is 0 Å². The number of methoxy groups -OCH3 is 1. The molecule has 0 fully saturated rings. The zero-order valence-corrected chi connectivity index (χ0v) is 11.7. The molecule has 1 aromatic rings. The Morgan fingerprint density at radius 2 is 1.94 bits per heavy atom. The summed E-state index contributed by atoms with van der Waals surface area (Å²) in [6, 6.07) is 0. The third-order valence-corrected chi connectivity index (χ3v) is 2.47. The lowest BCUT2D eigenvalue weighted by atomic mass is 10.1. The molecule has 1 heterocycles. The fraction of sp³-hybridized carbons (Fsp3) is 0.615. The Labute approximate surface area is 108 Å². The van der Waals surface area contributed by atoms with Crippen molar-refractivity contribution in [2.75, 3.05) is 12.4 Å². The van der Waals surface area contributed by atoms with Gasteiger partial charge in [-0.2, -0.15) is 0 Å². The number of nitrogens with zero attached hydrogens (tertiary/aromatic N) is 2. The van der Waals surface area contributed by atoms with E-state index in [0.29, 0.717) is 11.9 Å². The third-order valence-electron chi connectivity index (χ3n) is 2.47. The van der Waals surface area contributed by atoms with Gasteiger partial charge in [0.05, 0.1) is 7.11 Å². The molecule has 5 nitrogen and oxygen atoms in total. The molecule has 100 valence electrons. The molecule has 0 bridgehead atoms. The number of ether oxygens (including phenoxy) is 1. The van der Waals surface area contributed by atoms with E-state index in [1.165, 1.54) is 7.11 Å². The molecule has 0 saturated carbocycles. The van der Waals surface area contributed by atoms with Crippen LogP contribution in [0, 0.1) is 5.92 Å². The van der Waals surface area contributed by atoms with Gasteiger partial charge >= 0.3 is 5.97 Å². The monoisotopic (exact) mass is 251 g/mol. The lowest BCUT2D eigenvalue weighted by Gasteiger charge is -2.22. The first kappa shape index (κ1) is 14.4. The van der Waals surface area contributed by atoms with Gasteiger partial charge in [0.25, 0.3) is 0 Å². The van der Waals surface area contributed by atoms with Crippen LogP contribution in [0.5, 0.6) is 0 Å². The van der Waals surface area contributed by atoms with Crippen LogP contribution in [0.25, 0.3) is 0 Å². The number of carbonyl (C=O) groups is 1. The molecular formula is C13H21N3O2. The van der Waals surface area contributed by atoms with Gasteiger partial charge < -0.3 is 10.1 Å². The van der Waals surface area contributed by atoms with Crippen molar-refractivity contribution in [2.24, 2.45) is 5.92 Å². The van der Waals surface area contributed by atoms with Crippen molar-refractivity contribution in [3.8, 4) is 0 Å². The molecule has 0 aliphatic carbocycles. The molecule has 0 amide bonds. The number of hydrogen-bond donors (Lipinski definition) is 1. The Kier molecular flexibility index (Phi) is 4.64. The SMILES string of the molecule is COC(=O)C(C)(C)Nc1ncc(CC(C)C)cn1. The molecule has 5 heteroatoms. The summed E-state index contributed by atoms with van der Waals surface area (Å²) in [7, 11) is 1.36. The topological polar surface area (TPSA) is 64.1 Å². The largest absolute Gasteiger partial charge is 0.467 e. The van der Waals surface area contributed by atoms with Gasteiger partial charge in [-0.3, -0.25) is 0 Å². The van der Waals surface area contributed by atoms with Gasteiger partial charge in [-0.05, 0) is 31.7 Å². The maximum atomic E-state index is 11.5. The highest BCUT2D eigenvalue weighted by Gasteiger charge is 2.29. The van der Waals surface area contributed by atoms with Gasteiger partial charge in [0.1, 0.15) is 5.54 Å². The Balaban J connectivity index is 2.72. The minimum atomic E-state index is -0.839. The number of rotatable bonds is 5. The minimum absolute atomic E-state index is 0.350. The Morgan fingerprint density at radius 3 is 2.39 bits per heavy atom. The Bertz CT molecular complexity index is 399. The minimum Gasteiger partial charge on any atom is -0.467 e. The second-order valence-corrected chi connectivity index (χ2v) is 5.25. The van der Waals surface area contributed by atoms with Crippen LogP contribution in [0.1, 0.15) is 33.3 Å². The molecular weight excluding hydrogens is 230 g/mol. The van der Waals surface area contributed by atoms with E-state index in [0.717, 1.165) is 12.0 Å². The summed E-state index contributed by atoms with van der Waals surface area (Å²) >= 11 is 0. The van der Waals surface area contributed by atoms with E-state index >= 15 is 0 Å². The van der Waals surface area contributed by atoms with Crippen LogP contribution in [0.15, 0.2) is 12.4 Å². The van der Waals surface area contributed by atoms with Crippen molar-refractivity contribution in [2.45, 2.75) is 39.7 Å². The van der Waals surface area contributed by atoms with Gasteiger partial charge in [-0.25, -0.2) is 14.8 Å². The van der Waals surface area contributed by atoms with Gasteiger partial charge in [0, 0.05) is 12.4 Å². The normalized spacial score (nSPS) is 11.4. The zero-order valence-electron chi connectivity index (χ0n) is 11.7. The van der Waals surface area contributed by atoms with Crippen LogP contribution >= 0.6 is 0 Å². The van der Waals surface area contributed by atoms with E-state index in [1.54, 1.807) is 26.2 Å². The number of hydrogen-bond acceptors (Lipinski definition) is 5. The standard InChI is InChI=1S/C13H21N3O2/c1-9(2)6-10-7-14-12(15-8-10)16-13(3,4)11(17)18-5/h7-9H,6H2,1-5H3,(H,14,15,16). The molecule has 0 radical (unpaired) electrons. The van der Waals surface area contributed by atoms with Crippen molar-refractivity contribution < 1.29 is 9.53 Å². The molecule has 0 saturated heterocycles. The summed E-state index contributed by atoms with van der Waals surface area (Å²) in [5.74, 6) is 0.647. The van der Waals surface area contributed by atoms with E-state index in [2.05, 4.69) is 29.1 Å². The quantitative estimate of drug-likeness (QED) is 0.811. The molecule has 0 atom stereocenters. The molecule has 0 aliphatic heterocycles. The number of nitrogens with one attached hydrogen (secondary N) is 1. The van der Waals surface area contributed by atoms with Crippen LogP contribution in [0.3, 0.4) is 0 Å². The summed E-state index contributed by atoms with van der Waals surface area (Å²) in [4.78, 5) is 19.9. The van der Waals surface area contributed by atoms with Crippen molar-refractivity contribution in [1.29, 1.82) is 0 Å². The van der Waals surface area contributed by atoms with Crippen molar-refractivity contribution in [1.82, 2.24) is 9.97 Å². The summed E-state index contributed by atoms with van der Waals surface area (Å²) in [6.45, 7) is 7.74. The van der Waals surface area contributed by atoms with E-state index in [1.807, 2.05) is 0 Å². The first-order valence-corrected chi connectivity index (χ1v) is 6.02.